The van der Waals surface area contributed by atoms with E-state index in [1.165, 1.54) is 5.56 Å². The number of aromatic nitrogens is 2. The minimum atomic E-state index is 0.983. The summed E-state index contributed by atoms with van der Waals surface area (Å²) in [6, 6.07) is 40.5. The molecule has 0 aliphatic rings. The molecule has 0 amide bonds. The molecule has 0 radical (unpaired) electrons. The molecule has 5 aromatic rings. The van der Waals surface area contributed by atoms with Gasteiger partial charge in [-0.25, -0.2) is 4.98 Å². The molecule has 0 unspecified atom stereocenters. The van der Waals surface area contributed by atoms with Crippen LogP contribution in [0.4, 0.5) is 5.69 Å². The molecule has 0 saturated heterocycles. The molecule has 4 aromatic carbocycles. The Balaban J connectivity index is 0.000000152. The fourth-order valence-corrected chi connectivity index (χ4v) is 3.11. The lowest BCUT2D eigenvalue weighted by Gasteiger charge is -2.07. The molecule has 0 saturated carbocycles. The van der Waals surface area contributed by atoms with Crippen molar-refractivity contribution in [1.29, 1.82) is 0 Å². The van der Waals surface area contributed by atoms with Crippen molar-refractivity contribution in [1.82, 2.24) is 9.55 Å². The third-order valence-electron chi connectivity index (χ3n) is 4.66. The van der Waals surface area contributed by atoms with Gasteiger partial charge in [0.05, 0.1) is 23.9 Å². The van der Waals surface area contributed by atoms with Gasteiger partial charge in [0.25, 0.3) is 0 Å². The number of aliphatic imine (C=N–C) groups is 1. The topological polar surface area (TPSA) is 30.2 Å². The predicted octanol–water partition coefficient (Wildman–Crippen LogP) is 6.98. The summed E-state index contributed by atoms with van der Waals surface area (Å²) in [4.78, 5) is 8.59. The summed E-state index contributed by atoms with van der Waals surface area (Å²) in [5.41, 5.74) is 5.52. The van der Waals surface area contributed by atoms with E-state index in [0.29, 0.717) is 0 Å². The Kier molecular flexibility index (Phi) is 6.80. The van der Waals surface area contributed by atoms with Gasteiger partial charge in [-0.3, -0.25) is 9.56 Å². The standard InChI is InChI=1S/C15H12N2.C13H11N/c1-3-7-13(8-4-1)15-11-16-12-17(15)14-9-5-2-6-10-14;1-3-7-12(8-4-1)11-14-13-9-5-2-6-10-13/h1-12H;1-11H. The van der Waals surface area contributed by atoms with E-state index in [0.717, 1.165) is 22.6 Å². The second-order valence-electron chi connectivity index (χ2n) is 6.85. The van der Waals surface area contributed by atoms with Gasteiger partial charge in [-0.1, -0.05) is 97.1 Å². The maximum atomic E-state index is 4.35. The zero-order chi connectivity index (χ0) is 21.1. The number of benzene rings is 4. The largest absolute Gasteiger partial charge is 0.299 e. The number of hydrogen-bond donors (Lipinski definition) is 0. The molecule has 1 aromatic heterocycles. The predicted molar refractivity (Wildman–Crippen MR) is 129 cm³/mol. The first-order valence-electron chi connectivity index (χ1n) is 10.2. The van der Waals surface area contributed by atoms with Gasteiger partial charge in [0.2, 0.25) is 0 Å². The summed E-state index contributed by atoms with van der Waals surface area (Å²) in [5.74, 6) is 0. The summed E-state index contributed by atoms with van der Waals surface area (Å²) in [5, 5.41) is 0. The summed E-state index contributed by atoms with van der Waals surface area (Å²) >= 11 is 0. The molecule has 0 fully saturated rings. The van der Waals surface area contributed by atoms with E-state index in [1.807, 2.05) is 116 Å². The maximum absolute atomic E-state index is 4.35. The van der Waals surface area contributed by atoms with Gasteiger partial charge in [-0.05, 0) is 29.8 Å². The van der Waals surface area contributed by atoms with Crippen LogP contribution in [0.25, 0.3) is 16.9 Å². The van der Waals surface area contributed by atoms with Crippen molar-refractivity contribution in [3.8, 4) is 16.9 Å². The minimum Gasteiger partial charge on any atom is -0.299 e. The summed E-state index contributed by atoms with van der Waals surface area (Å²) in [6.07, 6.45) is 5.61. The molecule has 0 N–H and O–H groups in total. The molecule has 0 aliphatic carbocycles. The van der Waals surface area contributed by atoms with E-state index in [-0.39, 0.29) is 0 Å². The molecule has 1 heterocycles. The Labute approximate surface area is 183 Å². The van der Waals surface area contributed by atoms with Crippen LogP contribution in [0.3, 0.4) is 0 Å². The van der Waals surface area contributed by atoms with E-state index in [2.05, 4.69) is 38.8 Å². The van der Waals surface area contributed by atoms with Crippen LogP contribution in [0.1, 0.15) is 5.56 Å². The minimum absolute atomic E-state index is 0.983. The number of para-hydroxylation sites is 2. The summed E-state index contributed by atoms with van der Waals surface area (Å²) in [6.45, 7) is 0. The van der Waals surface area contributed by atoms with Crippen LogP contribution in [0.2, 0.25) is 0 Å². The van der Waals surface area contributed by atoms with Gasteiger partial charge in [0.15, 0.2) is 0 Å². The lowest BCUT2D eigenvalue weighted by Crippen LogP contribution is -1.94. The highest BCUT2D eigenvalue weighted by atomic mass is 15.0. The molecule has 0 aliphatic heterocycles. The molecule has 3 nitrogen and oxygen atoms in total. The maximum Gasteiger partial charge on any atom is 0.0997 e. The average molecular weight is 402 g/mol. The lowest BCUT2D eigenvalue weighted by atomic mass is 10.1. The Morgan fingerprint density at radius 3 is 1.81 bits per heavy atom. The van der Waals surface area contributed by atoms with Crippen LogP contribution in [0.5, 0.6) is 0 Å². The van der Waals surface area contributed by atoms with Crippen LogP contribution >= 0.6 is 0 Å². The highest BCUT2D eigenvalue weighted by Gasteiger charge is 2.05. The van der Waals surface area contributed by atoms with Gasteiger partial charge in [0.1, 0.15) is 0 Å². The zero-order valence-corrected chi connectivity index (χ0v) is 17.1. The molecule has 0 spiro atoms. The van der Waals surface area contributed by atoms with E-state index >= 15 is 0 Å². The van der Waals surface area contributed by atoms with Crippen LogP contribution < -0.4 is 0 Å². The quantitative estimate of drug-likeness (QED) is 0.299. The Morgan fingerprint density at radius 1 is 0.613 bits per heavy atom. The Morgan fingerprint density at radius 2 is 1.16 bits per heavy atom. The molecule has 5 rings (SSSR count). The SMILES string of the molecule is C(=Nc1ccccc1)c1ccccc1.c1ccc(-c2cncn2-c2ccccc2)cc1. The van der Waals surface area contributed by atoms with Crippen molar-refractivity contribution in [2.24, 2.45) is 4.99 Å². The summed E-state index contributed by atoms with van der Waals surface area (Å²) in [7, 11) is 0. The zero-order valence-electron chi connectivity index (χ0n) is 17.1. The first-order valence-corrected chi connectivity index (χ1v) is 10.2. The molecular formula is C28H23N3. The number of imidazole rings is 1. The van der Waals surface area contributed by atoms with E-state index in [4.69, 9.17) is 0 Å². The second-order valence-corrected chi connectivity index (χ2v) is 6.85. The average Bonchev–Trinajstić information content (AvgIpc) is 3.36. The van der Waals surface area contributed by atoms with Crippen molar-refractivity contribution < 1.29 is 0 Å². The molecule has 3 heteroatoms. The lowest BCUT2D eigenvalue weighted by molar-refractivity contribution is 1.06. The Bertz CT molecular complexity index is 1100. The Hall–Kier alpha value is -4.24. The van der Waals surface area contributed by atoms with Crippen molar-refractivity contribution in [2.75, 3.05) is 0 Å². The highest BCUT2D eigenvalue weighted by Crippen LogP contribution is 2.21. The first kappa shape index (κ1) is 20.0. The first-order chi connectivity index (χ1) is 15.4. The van der Waals surface area contributed by atoms with Gasteiger partial charge in [-0.15, -0.1) is 0 Å². The monoisotopic (exact) mass is 401 g/mol. The van der Waals surface area contributed by atoms with Crippen LogP contribution in [-0.2, 0) is 0 Å². The molecular weight excluding hydrogens is 378 g/mol. The van der Waals surface area contributed by atoms with Crippen molar-refractivity contribution >= 4 is 11.9 Å². The van der Waals surface area contributed by atoms with Crippen molar-refractivity contribution in [3.05, 3.63) is 139 Å². The fourth-order valence-electron chi connectivity index (χ4n) is 3.11. The van der Waals surface area contributed by atoms with Gasteiger partial charge in [-0.2, -0.15) is 0 Å². The normalized spacial score (nSPS) is 10.5. The second kappa shape index (κ2) is 10.5. The third-order valence-corrected chi connectivity index (χ3v) is 4.66. The van der Waals surface area contributed by atoms with Gasteiger partial charge in [0, 0.05) is 17.5 Å². The van der Waals surface area contributed by atoms with E-state index in [9.17, 15) is 0 Å². The third kappa shape index (κ3) is 5.64. The van der Waals surface area contributed by atoms with Crippen LogP contribution in [0.15, 0.2) is 139 Å². The highest BCUT2D eigenvalue weighted by molar-refractivity contribution is 5.81. The molecule has 0 atom stereocenters. The smallest absolute Gasteiger partial charge is 0.0997 e. The number of rotatable bonds is 4. The molecule has 31 heavy (non-hydrogen) atoms. The van der Waals surface area contributed by atoms with Crippen LogP contribution in [0, 0.1) is 0 Å². The van der Waals surface area contributed by atoms with Crippen molar-refractivity contribution in [3.63, 3.8) is 0 Å². The van der Waals surface area contributed by atoms with Crippen molar-refractivity contribution in [2.45, 2.75) is 0 Å². The van der Waals surface area contributed by atoms with E-state index < -0.39 is 0 Å². The van der Waals surface area contributed by atoms with Crippen LogP contribution in [-0.4, -0.2) is 15.8 Å². The molecule has 150 valence electrons. The number of nitrogens with zero attached hydrogens (tertiary/aromatic N) is 3. The van der Waals surface area contributed by atoms with E-state index in [1.54, 1.807) is 0 Å². The number of hydrogen-bond acceptors (Lipinski definition) is 2. The van der Waals surface area contributed by atoms with Gasteiger partial charge >= 0.3 is 0 Å². The molecule has 0 bridgehead atoms. The van der Waals surface area contributed by atoms with Gasteiger partial charge < -0.3 is 0 Å². The summed E-state index contributed by atoms with van der Waals surface area (Å²) < 4.78 is 2.09. The fraction of sp³-hybridized carbons (Fsp3) is 0.